The maximum Gasteiger partial charge on any atom is 0.235 e. The number of hydrogen-bond acceptors (Lipinski definition) is 6. The molecule has 2 aromatic rings. The van der Waals surface area contributed by atoms with Crippen LogP contribution in [-0.4, -0.2) is 26.4 Å². The number of carbonyl (C=O) groups excluding carboxylic acids is 1. The van der Waals surface area contributed by atoms with Crippen molar-refractivity contribution < 1.29 is 4.79 Å². The normalized spacial score (nSPS) is 16.6. The second-order valence-corrected chi connectivity index (χ2v) is 9.99. The molecule has 8 heteroatoms. The van der Waals surface area contributed by atoms with E-state index in [9.17, 15) is 10.1 Å². The molecule has 0 spiro atoms. The van der Waals surface area contributed by atoms with Gasteiger partial charge >= 0.3 is 0 Å². The first kappa shape index (κ1) is 21.1. The lowest BCUT2D eigenvalue weighted by molar-refractivity contribution is -0.113. The fourth-order valence-electron chi connectivity index (χ4n) is 4.44. The summed E-state index contributed by atoms with van der Waals surface area (Å²) in [5.74, 6) is 1.61. The number of aryl methyl sites for hydroxylation is 1. The standard InChI is InChI=1S/C22H27N5OS2/c1-2-12-27-20(15-8-4-3-5-9-15)25-26-22(27)29-14-19(28)24-21-17(13-23)16-10-6-7-11-18(16)30-21/h2,15H,1,3-12,14H2,(H,24,28). The molecule has 158 valence electrons. The topological polar surface area (TPSA) is 83.6 Å². The van der Waals surface area contributed by atoms with Crippen LogP contribution in [0.25, 0.3) is 0 Å². The number of amides is 1. The lowest BCUT2D eigenvalue weighted by Crippen LogP contribution is -2.15. The van der Waals surface area contributed by atoms with E-state index < -0.39 is 0 Å². The summed E-state index contributed by atoms with van der Waals surface area (Å²) < 4.78 is 2.10. The molecule has 1 amide bonds. The first-order valence-electron chi connectivity index (χ1n) is 10.7. The highest BCUT2D eigenvalue weighted by Gasteiger charge is 2.24. The molecule has 1 saturated carbocycles. The zero-order valence-electron chi connectivity index (χ0n) is 17.2. The minimum absolute atomic E-state index is 0.109. The van der Waals surface area contributed by atoms with Crippen molar-refractivity contribution in [2.45, 2.75) is 75.4 Å². The third-order valence-corrected chi connectivity index (χ3v) is 8.07. The Labute approximate surface area is 185 Å². The number of anilines is 1. The third kappa shape index (κ3) is 4.47. The molecule has 0 saturated heterocycles. The van der Waals surface area contributed by atoms with Crippen molar-refractivity contribution in [3.63, 3.8) is 0 Å². The van der Waals surface area contributed by atoms with E-state index >= 15 is 0 Å². The van der Waals surface area contributed by atoms with Gasteiger partial charge in [0, 0.05) is 17.3 Å². The smallest absolute Gasteiger partial charge is 0.235 e. The van der Waals surface area contributed by atoms with E-state index in [1.807, 2.05) is 6.08 Å². The van der Waals surface area contributed by atoms with E-state index in [1.54, 1.807) is 11.3 Å². The van der Waals surface area contributed by atoms with Crippen LogP contribution < -0.4 is 5.32 Å². The first-order valence-corrected chi connectivity index (χ1v) is 12.5. The van der Waals surface area contributed by atoms with Crippen molar-refractivity contribution in [1.29, 1.82) is 5.26 Å². The van der Waals surface area contributed by atoms with Crippen LogP contribution in [0.1, 0.15) is 72.7 Å². The Morgan fingerprint density at radius 2 is 2.07 bits per heavy atom. The SMILES string of the molecule is C=CCn1c(SCC(=O)Nc2sc3c(c2C#N)CCCC3)nnc1C1CCCCC1. The highest BCUT2D eigenvalue weighted by atomic mass is 32.2. The van der Waals surface area contributed by atoms with Gasteiger partial charge in [-0.1, -0.05) is 37.1 Å². The van der Waals surface area contributed by atoms with Gasteiger partial charge in [0.1, 0.15) is 16.9 Å². The molecule has 0 radical (unpaired) electrons. The Bertz CT molecular complexity index is 965. The predicted octanol–water partition coefficient (Wildman–Crippen LogP) is 5.05. The summed E-state index contributed by atoms with van der Waals surface area (Å²) in [6.45, 7) is 4.52. The van der Waals surface area contributed by atoms with Crippen LogP contribution in [0.2, 0.25) is 0 Å². The lowest BCUT2D eigenvalue weighted by atomic mass is 9.89. The number of hydrogen-bond donors (Lipinski definition) is 1. The van der Waals surface area contributed by atoms with Crippen LogP contribution in [0.15, 0.2) is 17.8 Å². The molecule has 0 atom stereocenters. The highest BCUT2D eigenvalue weighted by Crippen LogP contribution is 2.38. The van der Waals surface area contributed by atoms with Crippen molar-refractivity contribution in [3.05, 3.63) is 34.5 Å². The van der Waals surface area contributed by atoms with Crippen molar-refractivity contribution >= 4 is 34.0 Å². The van der Waals surface area contributed by atoms with Crippen molar-refractivity contribution in [2.24, 2.45) is 0 Å². The number of aromatic nitrogens is 3. The van der Waals surface area contributed by atoms with E-state index in [0.29, 0.717) is 23.0 Å². The average Bonchev–Trinajstić information content (AvgIpc) is 3.33. The summed E-state index contributed by atoms with van der Waals surface area (Å²) in [6, 6.07) is 2.30. The predicted molar refractivity (Wildman–Crippen MR) is 121 cm³/mol. The van der Waals surface area contributed by atoms with Crippen LogP contribution in [0, 0.1) is 11.3 Å². The molecule has 6 nitrogen and oxygen atoms in total. The lowest BCUT2D eigenvalue weighted by Gasteiger charge is -2.21. The number of thioether (sulfide) groups is 1. The molecule has 2 aliphatic rings. The van der Waals surface area contributed by atoms with Gasteiger partial charge < -0.3 is 9.88 Å². The number of rotatable bonds is 7. The average molecular weight is 442 g/mol. The number of nitriles is 1. The van der Waals surface area contributed by atoms with Gasteiger partial charge in [-0.25, -0.2) is 0 Å². The van der Waals surface area contributed by atoms with E-state index in [2.05, 4.69) is 32.7 Å². The molecule has 0 aliphatic heterocycles. The number of thiophene rings is 1. The number of allylic oxidation sites excluding steroid dienone is 1. The van der Waals surface area contributed by atoms with E-state index in [0.717, 1.165) is 55.1 Å². The van der Waals surface area contributed by atoms with Gasteiger partial charge in [-0.05, 0) is 44.1 Å². The number of fused-ring (bicyclic) bond motifs is 1. The van der Waals surface area contributed by atoms with E-state index in [4.69, 9.17) is 0 Å². The van der Waals surface area contributed by atoms with Crippen LogP contribution in [0.3, 0.4) is 0 Å². The molecular formula is C22H27N5OS2. The van der Waals surface area contributed by atoms with Gasteiger partial charge in [0.2, 0.25) is 5.91 Å². The fourth-order valence-corrected chi connectivity index (χ4v) is 6.45. The van der Waals surface area contributed by atoms with Crippen LogP contribution in [-0.2, 0) is 24.2 Å². The van der Waals surface area contributed by atoms with Gasteiger partial charge in [0.15, 0.2) is 5.16 Å². The molecule has 0 aromatic carbocycles. The largest absolute Gasteiger partial charge is 0.316 e. The minimum Gasteiger partial charge on any atom is -0.316 e. The molecule has 2 aromatic heterocycles. The zero-order valence-corrected chi connectivity index (χ0v) is 18.8. The maximum atomic E-state index is 12.6. The second-order valence-electron chi connectivity index (χ2n) is 7.94. The van der Waals surface area contributed by atoms with Crippen LogP contribution in [0.5, 0.6) is 0 Å². The molecule has 30 heavy (non-hydrogen) atoms. The third-order valence-electron chi connectivity index (χ3n) is 5.90. The summed E-state index contributed by atoms with van der Waals surface area (Å²) >= 11 is 2.96. The Kier molecular flexibility index (Phi) is 6.90. The Hall–Kier alpha value is -2.11. The summed E-state index contributed by atoms with van der Waals surface area (Å²) in [7, 11) is 0. The van der Waals surface area contributed by atoms with Crippen molar-refractivity contribution in [2.75, 3.05) is 11.1 Å². The summed E-state index contributed by atoms with van der Waals surface area (Å²) in [5.41, 5.74) is 1.79. The Morgan fingerprint density at radius 3 is 2.83 bits per heavy atom. The second kappa shape index (κ2) is 9.80. The quantitative estimate of drug-likeness (QED) is 0.480. The number of nitrogens with zero attached hydrogens (tertiary/aromatic N) is 4. The zero-order chi connectivity index (χ0) is 20.9. The molecule has 4 rings (SSSR count). The van der Waals surface area contributed by atoms with Gasteiger partial charge in [0.25, 0.3) is 0 Å². The molecule has 2 heterocycles. The molecule has 2 aliphatic carbocycles. The highest BCUT2D eigenvalue weighted by molar-refractivity contribution is 7.99. The van der Waals surface area contributed by atoms with Crippen LogP contribution >= 0.6 is 23.1 Å². The maximum absolute atomic E-state index is 12.6. The van der Waals surface area contributed by atoms with Gasteiger partial charge in [-0.15, -0.1) is 28.1 Å². The summed E-state index contributed by atoms with van der Waals surface area (Å²) in [5, 5.41) is 22.8. The molecular weight excluding hydrogens is 414 g/mol. The van der Waals surface area contributed by atoms with E-state index in [1.165, 1.54) is 35.9 Å². The minimum atomic E-state index is -0.109. The summed E-state index contributed by atoms with van der Waals surface area (Å²) in [6.07, 6.45) is 12.2. The summed E-state index contributed by atoms with van der Waals surface area (Å²) in [4.78, 5) is 13.9. The van der Waals surface area contributed by atoms with Gasteiger partial charge in [-0.3, -0.25) is 4.79 Å². The van der Waals surface area contributed by atoms with E-state index in [-0.39, 0.29) is 11.7 Å². The van der Waals surface area contributed by atoms with Gasteiger partial charge in [0.05, 0.1) is 11.3 Å². The Morgan fingerprint density at radius 1 is 1.27 bits per heavy atom. The van der Waals surface area contributed by atoms with Crippen molar-refractivity contribution in [3.8, 4) is 6.07 Å². The Balaban J connectivity index is 1.43. The molecule has 0 bridgehead atoms. The molecule has 0 unspecified atom stereocenters. The van der Waals surface area contributed by atoms with Gasteiger partial charge in [-0.2, -0.15) is 5.26 Å². The number of carbonyl (C=O) groups is 1. The fraction of sp³-hybridized carbons (Fsp3) is 0.545. The first-order chi connectivity index (χ1) is 14.7. The van der Waals surface area contributed by atoms with Crippen molar-refractivity contribution in [1.82, 2.24) is 14.8 Å². The number of nitrogens with one attached hydrogen (secondary N) is 1. The molecule has 1 fully saturated rings. The monoisotopic (exact) mass is 441 g/mol. The molecule has 1 N–H and O–H groups in total. The van der Waals surface area contributed by atoms with Crippen LogP contribution in [0.4, 0.5) is 5.00 Å².